The van der Waals surface area contributed by atoms with Crippen LogP contribution in [0.5, 0.6) is 0 Å². The molecule has 0 aliphatic heterocycles. The van der Waals surface area contributed by atoms with Crippen molar-refractivity contribution in [1.29, 1.82) is 0 Å². The summed E-state index contributed by atoms with van der Waals surface area (Å²) in [5.74, 6) is 0.267. The molecule has 0 saturated heterocycles. The molecule has 1 N–H and O–H groups in total. The predicted octanol–water partition coefficient (Wildman–Crippen LogP) is 12.2. The van der Waals surface area contributed by atoms with Crippen LogP contribution in [0.2, 0.25) is 0 Å². The Morgan fingerprint density at radius 2 is 0.711 bits per heavy atom. The molecule has 0 bridgehead atoms. The molecular weight excluding hydrogens is 560 g/mol. The maximum atomic E-state index is 12.0. The van der Waals surface area contributed by atoms with E-state index in [4.69, 9.17) is 9.47 Å². The van der Waals surface area contributed by atoms with Crippen molar-refractivity contribution in [2.45, 2.75) is 226 Å². The minimum atomic E-state index is -0.955. The van der Waals surface area contributed by atoms with E-state index in [9.17, 15) is 14.7 Å². The van der Waals surface area contributed by atoms with Gasteiger partial charge in [-0.1, -0.05) is 194 Å². The van der Waals surface area contributed by atoms with Gasteiger partial charge in [0.05, 0.1) is 0 Å². The molecule has 5 heteroatoms. The van der Waals surface area contributed by atoms with Crippen LogP contribution in [0.3, 0.4) is 0 Å². The van der Waals surface area contributed by atoms with Gasteiger partial charge in [0.1, 0.15) is 19.3 Å². The predicted molar refractivity (Wildman–Crippen MR) is 192 cm³/mol. The number of hydrogen-bond donors (Lipinski definition) is 1. The van der Waals surface area contributed by atoms with Crippen molar-refractivity contribution in [2.24, 2.45) is 5.92 Å². The fraction of sp³-hybridized carbons (Fsp3) is 0.950. The summed E-state index contributed by atoms with van der Waals surface area (Å²) < 4.78 is 10.3. The molecule has 5 nitrogen and oxygen atoms in total. The number of aliphatic hydroxyl groups excluding tert-OH is 1. The maximum absolute atomic E-state index is 12.0. The van der Waals surface area contributed by atoms with E-state index >= 15 is 0 Å². The second-order valence-corrected chi connectivity index (χ2v) is 14.2. The second-order valence-electron chi connectivity index (χ2n) is 14.2. The quantitative estimate of drug-likeness (QED) is 0.0546. The normalized spacial score (nSPS) is 12.1. The Morgan fingerprint density at radius 1 is 0.444 bits per heavy atom. The lowest BCUT2D eigenvalue weighted by Gasteiger charge is -2.12. The topological polar surface area (TPSA) is 72.8 Å². The van der Waals surface area contributed by atoms with Crippen LogP contribution >= 0.6 is 0 Å². The fourth-order valence-corrected chi connectivity index (χ4v) is 5.98. The number of hydrogen-bond acceptors (Lipinski definition) is 5. The van der Waals surface area contributed by atoms with E-state index < -0.39 is 6.10 Å². The van der Waals surface area contributed by atoms with Gasteiger partial charge in [0, 0.05) is 12.8 Å². The molecule has 0 heterocycles. The number of aliphatic hydroxyl groups is 1. The molecule has 0 radical (unpaired) electrons. The zero-order valence-electron chi connectivity index (χ0n) is 30.6. The van der Waals surface area contributed by atoms with Gasteiger partial charge in [-0.15, -0.1) is 0 Å². The van der Waals surface area contributed by atoms with Crippen molar-refractivity contribution in [3.8, 4) is 0 Å². The molecule has 0 fully saturated rings. The van der Waals surface area contributed by atoms with Crippen molar-refractivity contribution < 1.29 is 24.2 Å². The Kier molecular flexibility index (Phi) is 34.9. The van der Waals surface area contributed by atoms with Crippen LogP contribution in [0.1, 0.15) is 220 Å². The van der Waals surface area contributed by atoms with Gasteiger partial charge in [0.2, 0.25) is 0 Å². The van der Waals surface area contributed by atoms with Crippen LogP contribution in [0.25, 0.3) is 0 Å². The average Bonchev–Trinajstić information content (AvgIpc) is 3.02. The number of carbonyl (C=O) groups is 2. The van der Waals surface area contributed by atoms with Crippen molar-refractivity contribution >= 4 is 11.9 Å². The summed E-state index contributed by atoms with van der Waals surface area (Å²) in [4.78, 5) is 23.9. The fourth-order valence-electron chi connectivity index (χ4n) is 5.98. The van der Waals surface area contributed by atoms with Crippen molar-refractivity contribution in [1.82, 2.24) is 0 Å². The minimum absolute atomic E-state index is 0.108. The van der Waals surface area contributed by atoms with E-state index in [-0.39, 0.29) is 25.2 Å². The van der Waals surface area contributed by atoms with Crippen molar-refractivity contribution in [3.63, 3.8) is 0 Å². The van der Waals surface area contributed by atoms with Crippen LogP contribution < -0.4 is 0 Å². The molecule has 0 aromatic rings. The van der Waals surface area contributed by atoms with Crippen LogP contribution in [0.15, 0.2) is 0 Å². The highest BCUT2D eigenvalue weighted by Gasteiger charge is 2.12. The van der Waals surface area contributed by atoms with Gasteiger partial charge in [0.15, 0.2) is 0 Å². The molecular formula is C40H78O5. The van der Waals surface area contributed by atoms with E-state index in [1.807, 2.05) is 0 Å². The first-order chi connectivity index (χ1) is 22.0. The van der Waals surface area contributed by atoms with Gasteiger partial charge < -0.3 is 14.6 Å². The van der Waals surface area contributed by atoms with Crippen LogP contribution in [-0.2, 0) is 19.1 Å². The van der Waals surface area contributed by atoms with E-state index in [1.165, 1.54) is 154 Å². The lowest BCUT2D eigenvalue weighted by Crippen LogP contribution is -2.25. The third kappa shape index (κ3) is 37.2. The van der Waals surface area contributed by atoms with Gasteiger partial charge in [-0.05, 0) is 18.8 Å². The third-order valence-corrected chi connectivity index (χ3v) is 9.02. The first kappa shape index (κ1) is 43.9. The molecule has 0 aromatic heterocycles. The number of ether oxygens (including phenoxy) is 2. The Morgan fingerprint density at radius 3 is 1.00 bits per heavy atom. The summed E-state index contributed by atoms with van der Waals surface area (Å²) in [5, 5.41) is 10.00. The lowest BCUT2D eigenvalue weighted by atomic mass is 10.0. The minimum Gasteiger partial charge on any atom is -0.463 e. The van der Waals surface area contributed by atoms with Crippen LogP contribution in [0, 0.1) is 5.92 Å². The summed E-state index contributed by atoms with van der Waals surface area (Å²) in [7, 11) is 0. The number of unbranched alkanes of at least 4 members (excludes halogenated alkanes) is 26. The monoisotopic (exact) mass is 639 g/mol. The highest BCUT2D eigenvalue weighted by atomic mass is 16.6. The molecule has 0 aliphatic carbocycles. The summed E-state index contributed by atoms with van der Waals surface area (Å²) in [6.07, 6.45) is 37.4. The molecule has 0 aliphatic rings. The highest BCUT2D eigenvalue weighted by Crippen LogP contribution is 2.16. The summed E-state index contributed by atoms with van der Waals surface area (Å²) in [6.45, 7) is 6.65. The number of esters is 2. The molecule has 0 amide bonds. The Hall–Kier alpha value is -1.10. The van der Waals surface area contributed by atoms with E-state index in [0.29, 0.717) is 12.8 Å². The number of carbonyl (C=O) groups excluding carboxylic acids is 2. The molecule has 268 valence electrons. The summed E-state index contributed by atoms with van der Waals surface area (Å²) >= 11 is 0. The van der Waals surface area contributed by atoms with Crippen molar-refractivity contribution in [3.05, 3.63) is 0 Å². The summed E-state index contributed by atoms with van der Waals surface area (Å²) in [5.41, 5.74) is 0. The highest BCUT2D eigenvalue weighted by molar-refractivity contribution is 5.69. The first-order valence-electron chi connectivity index (χ1n) is 19.9. The Balaban J connectivity index is 3.36. The smallest absolute Gasteiger partial charge is 0.305 e. The third-order valence-electron chi connectivity index (χ3n) is 9.02. The van der Waals surface area contributed by atoms with Crippen LogP contribution in [-0.4, -0.2) is 36.4 Å². The molecule has 0 spiro atoms. The van der Waals surface area contributed by atoms with E-state index in [0.717, 1.165) is 38.0 Å². The van der Waals surface area contributed by atoms with Gasteiger partial charge in [-0.2, -0.15) is 0 Å². The van der Waals surface area contributed by atoms with Gasteiger partial charge in [0.25, 0.3) is 0 Å². The zero-order valence-corrected chi connectivity index (χ0v) is 30.6. The molecule has 0 saturated carbocycles. The van der Waals surface area contributed by atoms with Crippen molar-refractivity contribution in [2.75, 3.05) is 13.2 Å². The first-order valence-corrected chi connectivity index (χ1v) is 19.9. The standard InChI is InChI=1S/C40H78O5/c1-4-5-6-7-8-9-10-11-12-13-14-15-16-17-18-21-24-27-30-33-39(42)44-35-38(41)36-45-40(43)34-31-28-25-22-19-20-23-26-29-32-37(2)3/h37-38,41H,4-36H2,1-3H3/t38-/m1/s1. The van der Waals surface area contributed by atoms with Gasteiger partial charge in [-0.3, -0.25) is 9.59 Å². The van der Waals surface area contributed by atoms with Crippen LogP contribution in [0.4, 0.5) is 0 Å². The van der Waals surface area contributed by atoms with Gasteiger partial charge >= 0.3 is 11.9 Å². The number of rotatable bonds is 36. The molecule has 0 aromatic carbocycles. The lowest BCUT2D eigenvalue weighted by molar-refractivity contribution is -0.152. The van der Waals surface area contributed by atoms with E-state index in [1.54, 1.807) is 0 Å². The maximum Gasteiger partial charge on any atom is 0.305 e. The largest absolute Gasteiger partial charge is 0.463 e. The Labute approximate surface area is 280 Å². The second kappa shape index (κ2) is 35.7. The average molecular weight is 639 g/mol. The molecule has 0 unspecified atom stereocenters. The zero-order chi connectivity index (χ0) is 33.1. The van der Waals surface area contributed by atoms with Gasteiger partial charge in [-0.25, -0.2) is 0 Å². The molecule has 1 atom stereocenters. The summed E-state index contributed by atoms with van der Waals surface area (Å²) in [6, 6.07) is 0. The Bertz CT molecular complexity index is 620. The molecule has 0 rings (SSSR count). The molecule has 45 heavy (non-hydrogen) atoms. The SMILES string of the molecule is CCCCCCCCCCCCCCCCCCCCCC(=O)OC[C@@H](O)COC(=O)CCCCCCCCCCCC(C)C. The van der Waals surface area contributed by atoms with E-state index in [2.05, 4.69) is 20.8 Å².